The molecule has 0 aliphatic carbocycles. The first-order valence-corrected chi connectivity index (χ1v) is 9.27. The fourth-order valence-electron chi connectivity index (χ4n) is 3.05. The number of rotatable bonds is 1. The van der Waals surface area contributed by atoms with Crippen molar-refractivity contribution in [1.82, 2.24) is 5.32 Å². The monoisotopic (exact) mass is 331 g/mol. The Balaban J connectivity index is 1.72. The quantitative estimate of drug-likeness (QED) is 0.547. The molecule has 1 aromatic carbocycles. The van der Waals surface area contributed by atoms with Gasteiger partial charge in [-0.1, -0.05) is 36.8 Å². The van der Waals surface area contributed by atoms with Gasteiger partial charge in [-0.15, -0.1) is 11.8 Å². The molecule has 0 aromatic heterocycles. The molecule has 1 saturated heterocycles. The normalized spacial score (nSPS) is 28.4. The molecule has 1 amide bonds. The van der Waals surface area contributed by atoms with Crippen LogP contribution in [-0.2, 0) is 11.3 Å². The molecule has 2 heterocycles. The number of anilines is 1. The van der Waals surface area contributed by atoms with Gasteiger partial charge in [0, 0.05) is 30.6 Å². The van der Waals surface area contributed by atoms with Crippen LogP contribution in [0.1, 0.15) is 31.2 Å². The van der Waals surface area contributed by atoms with E-state index in [1.807, 2.05) is 0 Å². The standard InChI is InChI=1S/C18H25N3OS/c19-17(22)18-13-20-12-14-8-5-6-9-15(14)21-11-7-3-1-2-4-10-16(18)23-18/h4-6,8-10,16,20-21H,1-3,7,11-13H2,(H2,19,22). The number of amides is 1. The summed E-state index contributed by atoms with van der Waals surface area (Å²) in [5.41, 5.74) is 8.07. The summed E-state index contributed by atoms with van der Waals surface area (Å²) in [4.78, 5) is 11.9. The maximum Gasteiger partial charge on any atom is 0.236 e. The van der Waals surface area contributed by atoms with E-state index in [9.17, 15) is 4.79 Å². The van der Waals surface area contributed by atoms with Crippen molar-refractivity contribution < 1.29 is 4.79 Å². The Kier molecular flexibility index (Phi) is 5.28. The number of hydrogen-bond donors (Lipinski definition) is 3. The molecule has 4 N–H and O–H groups in total. The summed E-state index contributed by atoms with van der Waals surface area (Å²) in [7, 11) is 0. The summed E-state index contributed by atoms with van der Waals surface area (Å²) < 4.78 is -0.459. The molecule has 0 bridgehead atoms. The van der Waals surface area contributed by atoms with Crippen molar-refractivity contribution in [3.63, 3.8) is 0 Å². The lowest BCUT2D eigenvalue weighted by atomic mass is 10.0. The molecular weight excluding hydrogens is 306 g/mol. The topological polar surface area (TPSA) is 67.2 Å². The number of para-hydroxylation sites is 1. The molecule has 2 aliphatic rings. The third-order valence-corrected chi connectivity index (χ3v) is 6.13. The first-order chi connectivity index (χ1) is 11.2. The minimum Gasteiger partial charge on any atom is -0.385 e. The summed E-state index contributed by atoms with van der Waals surface area (Å²) in [6.45, 7) is 2.37. The van der Waals surface area contributed by atoms with Gasteiger partial charge in [0.15, 0.2) is 0 Å². The molecule has 0 radical (unpaired) electrons. The van der Waals surface area contributed by atoms with Crippen LogP contribution in [0.5, 0.6) is 0 Å². The minimum absolute atomic E-state index is 0.208. The summed E-state index contributed by atoms with van der Waals surface area (Å²) in [5.74, 6) is -0.208. The number of hydrogen-bond acceptors (Lipinski definition) is 4. The van der Waals surface area contributed by atoms with Gasteiger partial charge in [-0.05, 0) is 30.9 Å². The van der Waals surface area contributed by atoms with Gasteiger partial charge in [0.2, 0.25) is 5.91 Å². The van der Waals surface area contributed by atoms with Crippen LogP contribution in [-0.4, -0.2) is 29.0 Å². The predicted octanol–water partition coefficient (Wildman–Crippen LogP) is 2.66. The van der Waals surface area contributed by atoms with Crippen LogP contribution in [0.15, 0.2) is 36.4 Å². The molecule has 3 rings (SSSR count). The maximum atomic E-state index is 11.9. The van der Waals surface area contributed by atoms with Gasteiger partial charge in [-0.2, -0.15) is 0 Å². The van der Waals surface area contributed by atoms with E-state index in [4.69, 9.17) is 5.73 Å². The van der Waals surface area contributed by atoms with Gasteiger partial charge in [0.1, 0.15) is 4.75 Å². The highest BCUT2D eigenvalue weighted by atomic mass is 32.2. The molecule has 4 nitrogen and oxygen atoms in total. The first-order valence-electron chi connectivity index (χ1n) is 8.39. The number of nitrogens with two attached hydrogens (primary N) is 1. The Morgan fingerprint density at radius 1 is 1.26 bits per heavy atom. The Bertz CT molecular complexity index is 589. The van der Waals surface area contributed by atoms with E-state index in [1.54, 1.807) is 11.8 Å². The molecule has 124 valence electrons. The zero-order valence-electron chi connectivity index (χ0n) is 13.4. The maximum absolute atomic E-state index is 11.9. The van der Waals surface area contributed by atoms with Crippen molar-refractivity contribution in [3.05, 3.63) is 42.0 Å². The van der Waals surface area contributed by atoms with E-state index >= 15 is 0 Å². The number of carbonyl (C=O) groups excluding carboxylic acids is 1. The van der Waals surface area contributed by atoms with Crippen LogP contribution in [0, 0.1) is 0 Å². The van der Waals surface area contributed by atoms with E-state index in [1.165, 1.54) is 30.5 Å². The SMILES string of the molecule is NC(=O)C12CNCc3ccccc3NCCCCCC=CC1S2. The van der Waals surface area contributed by atoms with E-state index in [0.29, 0.717) is 6.54 Å². The predicted molar refractivity (Wildman–Crippen MR) is 97.6 cm³/mol. The number of nitrogens with one attached hydrogen (secondary N) is 2. The second-order valence-electron chi connectivity index (χ2n) is 6.26. The number of fused-ring (bicyclic) bond motifs is 2. The van der Waals surface area contributed by atoms with E-state index in [2.05, 4.69) is 47.1 Å². The average Bonchev–Trinajstić information content (AvgIpc) is 3.25. The van der Waals surface area contributed by atoms with Crippen LogP contribution in [0.4, 0.5) is 5.69 Å². The van der Waals surface area contributed by atoms with E-state index in [-0.39, 0.29) is 11.2 Å². The zero-order valence-corrected chi connectivity index (χ0v) is 14.2. The van der Waals surface area contributed by atoms with Crippen molar-refractivity contribution in [2.24, 2.45) is 5.73 Å². The fraction of sp³-hybridized carbons (Fsp3) is 0.500. The smallest absolute Gasteiger partial charge is 0.236 e. The van der Waals surface area contributed by atoms with Crippen LogP contribution >= 0.6 is 11.8 Å². The molecule has 1 aromatic rings. The van der Waals surface area contributed by atoms with Crippen molar-refractivity contribution >= 4 is 23.4 Å². The van der Waals surface area contributed by atoms with Gasteiger partial charge >= 0.3 is 0 Å². The Hall–Kier alpha value is -1.46. The largest absolute Gasteiger partial charge is 0.385 e. The summed E-state index contributed by atoms with van der Waals surface area (Å²) in [6, 6.07) is 8.36. The molecular formula is C18H25N3OS. The highest BCUT2D eigenvalue weighted by molar-refractivity contribution is 8.09. The van der Waals surface area contributed by atoms with Gasteiger partial charge in [0.25, 0.3) is 0 Å². The lowest BCUT2D eigenvalue weighted by molar-refractivity contribution is -0.119. The molecule has 0 spiro atoms. The van der Waals surface area contributed by atoms with Crippen LogP contribution < -0.4 is 16.4 Å². The third kappa shape index (κ3) is 3.90. The van der Waals surface area contributed by atoms with Gasteiger partial charge in [-0.3, -0.25) is 4.79 Å². The second-order valence-corrected chi connectivity index (χ2v) is 7.73. The number of primary amides is 1. The number of allylic oxidation sites excluding steroid dienone is 1. The number of thioether (sulfide) groups is 1. The van der Waals surface area contributed by atoms with E-state index < -0.39 is 4.75 Å². The molecule has 2 unspecified atom stereocenters. The average molecular weight is 331 g/mol. The summed E-state index contributed by atoms with van der Waals surface area (Å²) in [5, 5.41) is 7.19. The lowest BCUT2D eigenvalue weighted by Crippen LogP contribution is -2.41. The first kappa shape index (κ1) is 16.4. The van der Waals surface area contributed by atoms with Crippen LogP contribution in [0.3, 0.4) is 0 Å². The highest BCUT2D eigenvalue weighted by Gasteiger charge is 2.58. The van der Waals surface area contributed by atoms with Gasteiger partial charge in [-0.25, -0.2) is 0 Å². The Morgan fingerprint density at radius 2 is 2.13 bits per heavy atom. The van der Waals surface area contributed by atoms with Crippen molar-refractivity contribution in [2.75, 3.05) is 18.4 Å². The molecule has 2 atom stereocenters. The molecule has 5 heteroatoms. The van der Waals surface area contributed by atoms with Gasteiger partial charge < -0.3 is 16.4 Å². The fourth-order valence-corrected chi connectivity index (χ4v) is 4.21. The van der Waals surface area contributed by atoms with Crippen LogP contribution in [0.2, 0.25) is 0 Å². The lowest BCUT2D eigenvalue weighted by Gasteiger charge is -2.15. The Labute approximate surface area is 142 Å². The third-order valence-electron chi connectivity index (χ3n) is 4.55. The molecule has 1 fully saturated rings. The van der Waals surface area contributed by atoms with E-state index in [0.717, 1.165) is 19.5 Å². The minimum atomic E-state index is -0.459. The van der Waals surface area contributed by atoms with Crippen molar-refractivity contribution in [3.8, 4) is 0 Å². The molecule has 0 saturated carbocycles. The summed E-state index contributed by atoms with van der Waals surface area (Å²) in [6.07, 6.45) is 9.05. The summed E-state index contributed by atoms with van der Waals surface area (Å²) >= 11 is 1.67. The number of benzene rings is 1. The number of carbonyl (C=O) groups is 1. The van der Waals surface area contributed by atoms with Crippen LogP contribution in [0.25, 0.3) is 0 Å². The van der Waals surface area contributed by atoms with Gasteiger partial charge in [0.05, 0.1) is 0 Å². The van der Waals surface area contributed by atoms with Crippen molar-refractivity contribution in [1.29, 1.82) is 0 Å². The zero-order chi connectivity index (χ0) is 16.1. The Morgan fingerprint density at radius 3 is 3.00 bits per heavy atom. The second kappa shape index (κ2) is 7.41. The van der Waals surface area contributed by atoms with Crippen molar-refractivity contribution in [2.45, 2.75) is 42.2 Å². The molecule has 2 aliphatic heterocycles. The molecule has 23 heavy (non-hydrogen) atoms. The highest BCUT2D eigenvalue weighted by Crippen LogP contribution is 2.54.